The molecule has 0 aromatic heterocycles. The van der Waals surface area contributed by atoms with E-state index in [4.69, 9.17) is 4.74 Å². The highest BCUT2D eigenvalue weighted by atomic mass is 16.6. The van der Waals surface area contributed by atoms with Gasteiger partial charge in [0, 0.05) is 42.2 Å². The molecule has 0 spiro atoms. The molecule has 1 aromatic carbocycles. The van der Waals surface area contributed by atoms with Crippen molar-refractivity contribution in [3.63, 3.8) is 0 Å². The fourth-order valence-corrected chi connectivity index (χ4v) is 4.02. The molecule has 1 saturated carbocycles. The third kappa shape index (κ3) is 2.24. The molecule has 5 heteroatoms. The lowest BCUT2D eigenvalue weighted by Crippen LogP contribution is -2.65. The van der Waals surface area contributed by atoms with E-state index in [0.29, 0.717) is 24.6 Å². The Hall–Kier alpha value is -1.46. The highest BCUT2D eigenvalue weighted by Gasteiger charge is 2.58. The van der Waals surface area contributed by atoms with Crippen LogP contribution in [0.3, 0.4) is 0 Å². The Morgan fingerprint density at radius 1 is 1.48 bits per heavy atom. The van der Waals surface area contributed by atoms with Gasteiger partial charge in [0.05, 0.1) is 11.0 Å². The van der Waals surface area contributed by atoms with E-state index in [1.54, 1.807) is 12.1 Å². The minimum atomic E-state index is -0.313. The second-order valence-electron chi connectivity index (χ2n) is 6.74. The normalized spacial score (nSPS) is 29.8. The molecule has 1 N–H and O–H groups in total. The van der Waals surface area contributed by atoms with Crippen LogP contribution < -0.4 is 5.32 Å². The van der Waals surface area contributed by atoms with Crippen molar-refractivity contribution in [2.24, 2.45) is 11.3 Å². The van der Waals surface area contributed by atoms with Gasteiger partial charge in [-0.2, -0.15) is 0 Å². The lowest BCUT2D eigenvalue weighted by Gasteiger charge is -2.55. The molecule has 0 amide bonds. The summed E-state index contributed by atoms with van der Waals surface area (Å²) >= 11 is 0. The van der Waals surface area contributed by atoms with Crippen molar-refractivity contribution in [2.45, 2.75) is 45.9 Å². The number of rotatable bonds is 4. The molecule has 0 radical (unpaired) electrons. The molecule has 3 unspecified atom stereocenters. The number of hydrogen-bond acceptors (Lipinski definition) is 4. The van der Waals surface area contributed by atoms with Gasteiger partial charge in [-0.1, -0.05) is 26.0 Å². The van der Waals surface area contributed by atoms with Gasteiger partial charge in [0.2, 0.25) is 0 Å². The Labute approximate surface area is 124 Å². The van der Waals surface area contributed by atoms with E-state index in [1.165, 1.54) is 0 Å². The Bertz CT molecular complexity index is 571. The number of fused-ring (bicyclic) bond motifs is 1. The van der Waals surface area contributed by atoms with E-state index in [2.05, 4.69) is 19.2 Å². The van der Waals surface area contributed by atoms with Gasteiger partial charge >= 0.3 is 0 Å². The number of nitro groups is 1. The Morgan fingerprint density at radius 2 is 2.24 bits per heavy atom. The van der Waals surface area contributed by atoms with E-state index >= 15 is 0 Å². The Balaban J connectivity index is 1.71. The first kappa shape index (κ1) is 14.5. The van der Waals surface area contributed by atoms with Crippen LogP contribution in [0.1, 0.15) is 31.4 Å². The second kappa shape index (κ2) is 5.07. The zero-order valence-electron chi connectivity index (χ0n) is 12.8. The molecule has 2 fully saturated rings. The van der Waals surface area contributed by atoms with E-state index in [-0.39, 0.29) is 16.0 Å². The van der Waals surface area contributed by atoms with Gasteiger partial charge in [0.15, 0.2) is 0 Å². The molecule has 1 aliphatic carbocycles. The van der Waals surface area contributed by atoms with Gasteiger partial charge in [-0.25, -0.2) is 0 Å². The molecule has 1 heterocycles. The van der Waals surface area contributed by atoms with Crippen LogP contribution in [-0.2, 0) is 11.3 Å². The summed E-state index contributed by atoms with van der Waals surface area (Å²) in [5.74, 6) is 0.582. The lowest BCUT2D eigenvalue weighted by atomic mass is 9.57. The predicted molar refractivity (Wildman–Crippen MR) is 80.1 cm³/mol. The van der Waals surface area contributed by atoms with Crippen LogP contribution in [0.4, 0.5) is 5.69 Å². The maximum atomic E-state index is 11.0. The molecule has 114 valence electrons. The van der Waals surface area contributed by atoms with Crippen molar-refractivity contribution in [3.8, 4) is 0 Å². The van der Waals surface area contributed by atoms with Crippen LogP contribution in [0, 0.1) is 28.4 Å². The average Bonchev–Trinajstić information content (AvgIpc) is 2.87. The summed E-state index contributed by atoms with van der Waals surface area (Å²) in [5.41, 5.74) is 2.09. The van der Waals surface area contributed by atoms with Gasteiger partial charge in [0.1, 0.15) is 0 Å². The second-order valence-corrected chi connectivity index (χ2v) is 6.74. The molecule has 1 aliphatic heterocycles. The molecule has 1 aromatic rings. The molecule has 3 rings (SSSR count). The molecule has 0 bridgehead atoms. The summed E-state index contributed by atoms with van der Waals surface area (Å²) in [6.07, 6.45) is 1.47. The van der Waals surface area contributed by atoms with E-state index in [1.807, 2.05) is 13.0 Å². The van der Waals surface area contributed by atoms with E-state index in [9.17, 15) is 10.1 Å². The molecular formula is C16H22N2O3. The summed E-state index contributed by atoms with van der Waals surface area (Å²) in [6.45, 7) is 7.81. The number of nitrogens with zero attached hydrogens (tertiary/aromatic N) is 1. The molecule has 3 atom stereocenters. The van der Waals surface area contributed by atoms with Crippen molar-refractivity contribution < 1.29 is 9.66 Å². The SMILES string of the molecule is Cc1c(CNC2C3CCOC3C2(C)C)cccc1[N+](=O)[O-]. The molecule has 5 nitrogen and oxygen atoms in total. The third-order valence-corrected chi connectivity index (χ3v) is 5.23. The van der Waals surface area contributed by atoms with Gasteiger partial charge in [-0.05, 0) is 18.9 Å². The monoisotopic (exact) mass is 290 g/mol. The van der Waals surface area contributed by atoms with Crippen molar-refractivity contribution in [1.29, 1.82) is 0 Å². The van der Waals surface area contributed by atoms with Crippen molar-refractivity contribution in [1.82, 2.24) is 5.32 Å². The fraction of sp³-hybridized carbons (Fsp3) is 0.625. The third-order valence-electron chi connectivity index (χ3n) is 5.23. The lowest BCUT2D eigenvalue weighted by molar-refractivity contribution is -0.385. The first-order chi connectivity index (χ1) is 9.93. The number of nitro benzene ring substituents is 1. The number of nitrogens with one attached hydrogen (secondary N) is 1. The smallest absolute Gasteiger partial charge is 0.272 e. The van der Waals surface area contributed by atoms with Crippen molar-refractivity contribution >= 4 is 5.69 Å². The summed E-state index contributed by atoms with van der Waals surface area (Å²) in [5, 5.41) is 14.6. The standard InChI is InChI=1S/C16H22N2O3/c1-10-11(5-4-6-13(10)18(19)20)9-17-14-12-7-8-21-15(12)16(14,2)3/h4-6,12,14-15,17H,7-9H2,1-3H3. The first-order valence-corrected chi connectivity index (χ1v) is 7.51. The minimum absolute atomic E-state index is 0.135. The van der Waals surface area contributed by atoms with E-state index < -0.39 is 0 Å². The molecule has 1 saturated heterocycles. The van der Waals surface area contributed by atoms with Gasteiger partial charge in [0.25, 0.3) is 5.69 Å². The van der Waals surface area contributed by atoms with Gasteiger partial charge in [-0.15, -0.1) is 0 Å². The molecular weight excluding hydrogens is 268 g/mol. The Kier molecular flexibility index (Phi) is 3.50. The van der Waals surface area contributed by atoms with Gasteiger partial charge < -0.3 is 10.1 Å². The average molecular weight is 290 g/mol. The van der Waals surface area contributed by atoms with Crippen LogP contribution in [0.25, 0.3) is 0 Å². The number of hydrogen-bond donors (Lipinski definition) is 1. The zero-order chi connectivity index (χ0) is 15.2. The maximum Gasteiger partial charge on any atom is 0.272 e. The van der Waals surface area contributed by atoms with E-state index in [0.717, 1.165) is 24.2 Å². The highest BCUT2D eigenvalue weighted by molar-refractivity contribution is 5.44. The van der Waals surface area contributed by atoms with Crippen LogP contribution in [0.5, 0.6) is 0 Å². The van der Waals surface area contributed by atoms with Crippen molar-refractivity contribution in [3.05, 3.63) is 39.4 Å². The summed E-state index contributed by atoms with van der Waals surface area (Å²) in [7, 11) is 0. The summed E-state index contributed by atoms with van der Waals surface area (Å²) in [6, 6.07) is 5.70. The molecule has 2 aliphatic rings. The van der Waals surface area contributed by atoms with Crippen LogP contribution in [0.15, 0.2) is 18.2 Å². The summed E-state index contributed by atoms with van der Waals surface area (Å²) < 4.78 is 5.79. The predicted octanol–water partition coefficient (Wildman–Crippen LogP) is 2.81. The fourth-order valence-electron chi connectivity index (χ4n) is 4.02. The van der Waals surface area contributed by atoms with Crippen molar-refractivity contribution in [2.75, 3.05) is 6.61 Å². The summed E-state index contributed by atoms with van der Waals surface area (Å²) in [4.78, 5) is 10.7. The first-order valence-electron chi connectivity index (χ1n) is 7.51. The minimum Gasteiger partial charge on any atom is -0.377 e. The molecule has 21 heavy (non-hydrogen) atoms. The largest absolute Gasteiger partial charge is 0.377 e. The maximum absolute atomic E-state index is 11.0. The Morgan fingerprint density at radius 3 is 2.95 bits per heavy atom. The van der Waals surface area contributed by atoms with Crippen LogP contribution >= 0.6 is 0 Å². The zero-order valence-corrected chi connectivity index (χ0v) is 12.8. The van der Waals surface area contributed by atoms with Gasteiger partial charge in [-0.3, -0.25) is 10.1 Å². The number of benzene rings is 1. The van der Waals surface area contributed by atoms with Crippen LogP contribution in [0.2, 0.25) is 0 Å². The quantitative estimate of drug-likeness (QED) is 0.684. The topological polar surface area (TPSA) is 64.4 Å². The number of ether oxygens (including phenoxy) is 1. The highest BCUT2D eigenvalue weighted by Crippen LogP contribution is 2.52. The van der Waals surface area contributed by atoms with Crippen LogP contribution in [-0.4, -0.2) is 23.7 Å².